The van der Waals surface area contributed by atoms with Crippen LogP contribution >= 0.6 is 0 Å². The molecule has 1 aliphatic carbocycles. The Kier molecular flexibility index (Phi) is 4.87. The van der Waals surface area contributed by atoms with Crippen molar-refractivity contribution in [3.63, 3.8) is 0 Å². The first-order valence-electron chi connectivity index (χ1n) is 8.53. The fourth-order valence-electron chi connectivity index (χ4n) is 3.84. The van der Waals surface area contributed by atoms with Gasteiger partial charge in [0.25, 0.3) is 0 Å². The maximum Gasteiger partial charge on any atom is 0.306 e. The molecule has 5 nitrogen and oxygen atoms in total. The molecule has 0 spiro atoms. The normalized spacial score (nSPS) is 31.9. The van der Waals surface area contributed by atoms with E-state index in [0.717, 1.165) is 25.2 Å². The van der Waals surface area contributed by atoms with Crippen LogP contribution < -0.4 is 5.32 Å². The molecule has 0 bridgehead atoms. The molecule has 1 aromatic carbocycles. The number of carboxylic acid groups (broad SMARTS) is 1. The van der Waals surface area contributed by atoms with Gasteiger partial charge in [0.05, 0.1) is 11.5 Å². The fourth-order valence-corrected chi connectivity index (χ4v) is 3.84. The number of hydrogen-bond acceptors (Lipinski definition) is 4. The number of carboxylic acids is 1. The highest BCUT2D eigenvalue weighted by atomic mass is 16.4. The van der Waals surface area contributed by atoms with E-state index in [1.54, 1.807) is 0 Å². The summed E-state index contributed by atoms with van der Waals surface area (Å²) < 4.78 is 0. The number of hydrogen-bond donors (Lipinski definition) is 3. The van der Waals surface area contributed by atoms with E-state index < -0.39 is 11.6 Å². The number of para-hydroxylation sites is 1. The zero-order chi connectivity index (χ0) is 16.3. The number of carbonyl (C=O) groups is 1. The van der Waals surface area contributed by atoms with Gasteiger partial charge in [0.1, 0.15) is 0 Å². The van der Waals surface area contributed by atoms with Gasteiger partial charge in [0, 0.05) is 31.4 Å². The number of β-amino-alcohol motifs (C(OH)–C–C–N with tert-alkyl or cyclic N) is 1. The summed E-state index contributed by atoms with van der Waals surface area (Å²) in [5.41, 5.74) is 0.424. The Morgan fingerprint density at radius 3 is 2.57 bits per heavy atom. The molecule has 2 aliphatic rings. The quantitative estimate of drug-likeness (QED) is 0.776. The van der Waals surface area contributed by atoms with Gasteiger partial charge in [-0.1, -0.05) is 18.2 Å². The van der Waals surface area contributed by atoms with Gasteiger partial charge in [0.15, 0.2) is 0 Å². The Morgan fingerprint density at radius 1 is 1.22 bits per heavy atom. The minimum atomic E-state index is -0.722. The number of likely N-dealkylation sites (tertiary alicyclic amines) is 1. The first-order chi connectivity index (χ1) is 11.0. The molecule has 3 rings (SSSR count). The summed E-state index contributed by atoms with van der Waals surface area (Å²) >= 11 is 0. The summed E-state index contributed by atoms with van der Waals surface area (Å²) in [4.78, 5) is 13.3. The topological polar surface area (TPSA) is 72.8 Å². The van der Waals surface area contributed by atoms with Crippen LogP contribution in [0.15, 0.2) is 30.3 Å². The Labute approximate surface area is 137 Å². The fraction of sp³-hybridized carbons (Fsp3) is 0.611. The van der Waals surface area contributed by atoms with Crippen LogP contribution in [0, 0.1) is 5.92 Å². The van der Waals surface area contributed by atoms with Gasteiger partial charge in [-0.25, -0.2) is 0 Å². The van der Waals surface area contributed by atoms with Gasteiger partial charge in [-0.15, -0.1) is 0 Å². The van der Waals surface area contributed by atoms with Crippen LogP contribution in [0.1, 0.15) is 32.1 Å². The molecule has 0 radical (unpaired) electrons. The molecule has 1 unspecified atom stereocenters. The third kappa shape index (κ3) is 4.24. The molecule has 1 saturated carbocycles. The monoisotopic (exact) mass is 318 g/mol. The highest BCUT2D eigenvalue weighted by molar-refractivity contribution is 5.70. The molecule has 23 heavy (non-hydrogen) atoms. The highest BCUT2D eigenvalue weighted by Gasteiger charge is 2.38. The lowest BCUT2D eigenvalue weighted by Crippen LogP contribution is -2.46. The van der Waals surface area contributed by atoms with Gasteiger partial charge in [0.2, 0.25) is 0 Å². The second kappa shape index (κ2) is 6.89. The molecule has 0 aromatic heterocycles. The minimum Gasteiger partial charge on any atom is -0.481 e. The molecule has 3 N–H and O–H groups in total. The number of aliphatic hydroxyl groups is 1. The summed E-state index contributed by atoms with van der Waals surface area (Å²) in [7, 11) is 0. The van der Waals surface area contributed by atoms with Gasteiger partial charge in [-0.2, -0.15) is 0 Å². The molecule has 126 valence electrons. The zero-order valence-corrected chi connectivity index (χ0v) is 13.4. The third-order valence-corrected chi connectivity index (χ3v) is 5.20. The van der Waals surface area contributed by atoms with Crippen LogP contribution in [0.3, 0.4) is 0 Å². The van der Waals surface area contributed by atoms with Crippen LogP contribution in [-0.4, -0.2) is 52.4 Å². The summed E-state index contributed by atoms with van der Waals surface area (Å²) in [6.45, 7) is 2.57. The van der Waals surface area contributed by atoms with Crippen LogP contribution in [0.2, 0.25) is 0 Å². The Bertz CT molecular complexity index is 526. The van der Waals surface area contributed by atoms with E-state index in [2.05, 4.69) is 22.3 Å². The average Bonchev–Trinajstić information content (AvgIpc) is 2.95. The molecular formula is C18H26N2O3. The zero-order valence-electron chi connectivity index (χ0n) is 13.4. The van der Waals surface area contributed by atoms with Crippen molar-refractivity contribution < 1.29 is 15.0 Å². The molecule has 5 heteroatoms. The summed E-state index contributed by atoms with van der Waals surface area (Å²) in [6.07, 6.45) is 3.44. The van der Waals surface area contributed by atoms with Crippen molar-refractivity contribution in [2.24, 2.45) is 5.92 Å². The van der Waals surface area contributed by atoms with E-state index in [0.29, 0.717) is 38.3 Å². The molecule has 1 aliphatic heterocycles. The molecule has 1 saturated heterocycles. The Hall–Kier alpha value is -1.59. The van der Waals surface area contributed by atoms with Crippen molar-refractivity contribution in [3.05, 3.63) is 30.3 Å². The molecule has 0 amide bonds. The van der Waals surface area contributed by atoms with E-state index in [9.17, 15) is 9.90 Å². The number of anilines is 1. The first kappa shape index (κ1) is 16.3. The molecule has 1 atom stereocenters. The van der Waals surface area contributed by atoms with Crippen molar-refractivity contribution in [2.45, 2.75) is 43.7 Å². The van der Waals surface area contributed by atoms with Crippen molar-refractivity contribution in [2.75, 3.05) is 25.0 Å². The van der Waals surface area contributed by atoms with E-state index in [1.165, 1.54) is 0 Å². The molecule has 2 fully saturated rings. The lowest BCUT2D eigenvalue weighted by Gasteiger charge is -2.37. The first-order valence-corrected chi connectivity index (χ1v) is 8.53. The number of aliphatic carboxylic acids is 1. The van der Waals surface area contributed by atoms with Crippen molar-refractivity contribution >= 4 is 11.7 Å². The smallest absolute Gasteiger partial charge is 0.306 e. The second-order valence-corrected chi connectivity index (χ2v) is 7.07. The minimum absolute atomic E-state index is 0.277. The van der Waals surface area contributed by atoms with E-state index >= 15 is 0 Å². The lowest BCUT2D eigenvalue weighted by molar-refractivity contribution is -0.145. The van der Waals surface area contributed by atoms with Crippen LogP contribution in [0.5, 0.6) is 0 Å². The van der Waals surface area contributed by atoms with Gasteiger partial charge in [-0.3, -0.25) is 9.69 Å². The van der Waals surface area contributed by atoms with E-state index in [4.69, 9.17) is 5.11 Å². The summed E-state index contributed by atoms with van der Waals surface area (Å²) in [5, 5.41) is 23.4. The van der Waals surface area contributed by atoms with Crippen molar-refractivity contribution in [1.82, 2.24) is 4.90 Å². The SMILES string of the molecule is O=C(O)C1CCC(O)(CN2CCC(Nc3ccccc3)C2)CC1. The standard InChI is InChI=1S/C18H26N2O3/c21-17(22)14-6-9-18(23,10-7-14)13-20-11-8-16(12-20)19-15-4-2-1-3-5-15/h1-5,14,16,19,23H,6-13H2,(H,21,22). The number of benzene rings is 1. The summed E-state index contributed by atoms with van der Waals surface area (Å²) in [6, 6.07) is 10.6. The van der Waals surface area contributed by atoms with Gasteiger partial charge in [-0.05, 0) is 44.2 Å². The third-order valence-electron chi connectivity index (χ3n) is 5.20. The molecule has 1 heterocycles. The Balaban J connectivity index is 1.47. The maximum absolute atomic E-state index is 11.0. The number of nitrogens with one attached hydrogen (secondary N) is 1. The van der Waals surface area contributed by atoms with Gasteiger partial charge >= 0.3 is 5.97 Å². The average molecular weight is 318 g/mol. The second-order valence-electron chi connectivity index (χ2n) is 7.07. The maximum atomic E-state index is 11.0. The van der Waals surface area contributed by atoms with Crippen molar-refractivity contribution in [3.8, 4) is 0 Å². The molecule has 1 aromatic rings. The van der Waals surface area contributed by atoms with E-state index in [-0.39, 0.29) is 5.92 Å². The number of nitrogens with zero attached hydrogens (tertiary/aromatic N) is 1. The lowest BCUT2D eigenvalue weighted by atomic mass is 9.78. The predicted molar refractivity (Wildman–Crippen MR) is 89.5 cm³/mol. The van der Waals surface area contributed by atoms with Crippen LogP contribution in [0.25, 0.3) is 0 Å². The van der Waals surface area contributed by atoms with Crippen LogP contribution in [0.4, 0.5) is 5.69 Å². The molecular weight excluding hydrogens is 292 g/mol. The van der Waals surface area contributed by atoms with Gasteiger partial charge < -0.3 is 15.5 Å². The highest BCUT2D eigenvalue weighted by Crippen LogP contribution is 2.33. The number of rotatable bonds is 5. The largest absolute Gasteiger partial charge is 0.481 e. The summed E-state index contributed by atoms with van der Waals surface area (Å²) in [5.74, 6) is -0.998. The predicted octanol–water partition coefficient (Wildman–Crippen LogP) is 2.18. The van der Waals surface area contributed by atoms with Crippen LogP contribution in [-0.2, 0) is 4.79 Å². The van der Waals surface area contributed by atoms with E-state index in [1.807, 2.05) is 18.2 Å². The Morgan fingerprint density at radius 2 is 1.91 bits per heavy atom. The van der Waals surface area contributed by atoms with Crippen molar-refractivity contribution in [1.29, 1.82) is 0 Å².